The average molecular weight is 195 g/mol. The zero-order valence-corrected chi connectivity index (χ0v) is 8.37. The van der Waals surface area contributed by atoms with Gasteiger partial charge in [-0.1, -0.05) is 12.8 Å². The predicted octanol–water partition coefficient (Wildman–Crippen LogP) is 2.06. The van der Waals surface area contributed by atoms with Gasteiger partial charge in [0.1, 0.15) is 12.4 Å². The van der Waals surface area contributed by atoms with Crippen LogP contribution >= 0.6 is 0 Å². The van der Waals surface area contributed by atoms with Crippen molar-refractivity contribution < 1.29 is 9.15 Å². The Kier molecular flexibility index (Phi) is 3.22. The topological polar surface area (TPSA) is 48.4 Å². The maximum Gasteiger partial charge on any atom is 0.129 e. The fourth-order valence-corrected chi connectivity index (χ4v) is 1.44. The lowest BCUT2D eigenvalue weighted by atomic mass is 10.3. The van der Waals surface area contributed by atoms with E-state index in [1.165, 1.54) is 19.3 Å². The van der Waals surface area contributed by atoms with E-state index in [1.54, 1.807) is 6.26 Å². The van der Waals surface area contributed by atoms with Crippen molar-refractivity contribution in [1.82, 2.24) is 0 Å². The normalized spacial score (nSPS) is 16.1. The lowest BCUT2D eigenvalue weighted by molar-refractivity contribution is 0.101. The molecule has 1 aliphatic rings. The van der Waals surface area contributed by atoms with Gasteiger partial charge in [-0.25, -0.2) is 0 Å². The molecule has 78 valence electrons. The molecule has 0 saturated heterocycles. The summed E-state index contributed by atoms with van der Waals surface area (Å²) in [6.07, 6.45) is 5.67. The summed E-state index contributed by atoms with van der Waals surface area (Å²) in [6, 6.07) is 1.96. The van der Waals surface area contributed by atoms with Crippen molar-refractivity contribution in [3.8, 4) is 0 Å². The molecule has 0 unspecified atom stereocenters. The summed E-state index contributed by atoms with van der Waals surface area (Å²) in [5, 5.41) is 0. The van der Waals surface area contributed by atoms with Gasteiger partial charge in [-0.05, 0) is 18.4 Å². The number of hydrogen-bond donors (Lipinski definition) is 1. The molecular formula is C11H17NO2. The molecule has 3 nitrogen and oxygen atoms in total. The van der Waals surface area contributed by atoms with Gasteiger partial charge in [0.2, 0.25) is 0 Å². The quantitative estimate of drug-likeness (QED) is 0.707. The highest BCUT2D eigenvalue weighted by molar-refractivity contribution is 5.11. The van der Waals surface area contributed by atoms with Crippen LogP contribution in [0.4, 0.5) is 0 Å². The minimum atomic E-state index is 0.533. The molecule has 1 aromatic heterocycles. The molecule has 0 bridgehead atoms. The van der Waals surface area contributed by atoms with Gasteiger partial charge in [0, 0.05) is 18.7 Å². The van der Waals surface area contributed by atoms with Crippen LogP contribution in [0.1, 0.15) is 30.6 Å². The third-order valence-electron chi connectivity index (χ3n) is 2.56. The summed E-state index contributed by atoms with van der Waals surface area (Å²) in [5.41, 5.74) is 6.50. The van der Waals surface area contributed by atoms with Gasteiger partial charge in [-0.15, -0.1) is 0 Å². The minimum absolute atomic E-state index is 0.533. The van der Waals surface area contributed by atoms with Crippen LogP contribution in [-0.4, -0.2) is 6.61 Å². The Morgan fingerprint density at radius 2 is 2.36 bits per heavy atom. The molecule has 0 aromatic carbocycles. The highest BCUT2D eigenvalue weighted by Gasteiger charge is 2.20. The summed E-state index contributed by atoms with van der Waals surface area (Å²) < 4.78 is 10.8. The van der Waals surface area contributed by atoms with Crippen LogP contribution < -0.4 is 5.73 Å². The number of ether oxygens (including phenoxy) is 1. The van der Waals surface area contributed by atoms with E-state index in [2.05, 4.69) is 0 Å². The number of hydrogen-bond acceptors (Lipinski definition) is 3. The Balaban J connectivity index is 1.63. The predicted molar refractivity (Wildman–Crippen MR) is 53.6 cm³/mol. The summed E-state index contributed by atoms with van der Waals surface area (Å²) >= 11 is 0. The van der Waals surface area contributed by atoms with E-state index in [1.807, 2.05) is 6.07 Å². The lowest BCUT2D eigenvalue weighted by Gasteiger charge is -1.99. The van der Waals surface area contributed by atoms with Crippen molar-refractivity contribution in [2.24, 2.45) is 11.7 Å². The van der Waals surface area contributed by atoms with Crippen molar-refractivity contribution in [3.05, 3.63) is 23.7 Å². The van der Waals surface area contributed by atoms with E-state index >= 15 is 0 Å². The lowest BCUT2D eigenvalue weighted by Crippen LogP contribution is -1.96. The van der Waals surface area contributed by atoms with Gasteiger partial charge in [-0.3, -0.25) is 0 Å². The van der Waals surface area contributed by atoms with Gasteiger partial charge >= 0.3 is 0 Å². The molecule has 2 rings (SSSR count). The summed E-state index contributed by atoms with van der Waals surface area (Å²) in [6.45, 7) is 1.96. The first-order valence-corrected chi connectivity index (χ1v) is 5.22. The van der Waals surface area contributed by atoms with Gasteiger partial charge in [0.25, 0.3) is 0 Å². The van der Waals surface area contributed by atoms with Crippen LogP contribution in [0.5, 0.6) is 0 Å². The van der Waals surface area contributed by atoms with E-state index < -0.39 is 0 Å². The van der Waals surface area contributed by atoms with E-state index in [-0.39, 0.29) is 0 Å². The van der Waals surface area contributed by atoms with Crippen LogP contribution in [0, 0.1) is 5.92 Å². The first-order valence-electron chi connectivity index (χ1n) is 5.22. The standard InChI is InChI=1S/C11H17NO2/c12-6-10-5-11(14-7-10)8-13-4-3-9-1-2-9/h5,7,9H,1-4,6,8,12H2. The molecule has 14 heavy (non-hydrogen) atoms. The maximum absolute atomic E-state index is 5.49. The largest absolute Gasteiger partial charge is 0.467 e. The summed E-state index contributed by atoms with van der Waals surface area (Å²) in [5.74, 6) is 1.81. The molecule has 1 heterocycles. The van der Waals surface area contributed by atoms with Gasteiger partial charge in [0.05, 0.1) is 6.26 Å². The smallest absolute Gasteiger partial charge is 0.129 e. The van der Waals surface area contributed by atoms with Gasteiger partial charge in [0.15, 0.2) is 0 Å². The van der Waals surface area contributed by atoms with Gasteiger partial charge < -0.3 is 14.9 Å². The minimum Gasteiger partial charge on any atom is -0.467 e. The Labute approximate surface area is 84.2 Å². The van der Waals surface area contributed by atoms with Crippen LogP contribution in [0.2, 0.25) is 0 Å². The van der Waals surface area contributed by atoms with Crippen molar-refractivity contribution in [2.45, 2.75) is 32.4 Å². The molecule has 0 aliphatic heterocycles. The van der Waals surface area contributed by atoms with Crippen LogP contribution in [-0.2, 0) is 17.9 Å². The Morgan fingerprint density at radius 3 is 3.00 bits per heavy atom. The molecule has 0 amide bonds. The zero-order valence-electron chi connectivity index (χ0n) is 8.37. The molecule has 1 fully saturated rings. The summed E-state index contributed by atoms with van der Waals surface area (Å²) in [4.78, 5) is 0. The highest BCUT2D eigenvalue weighted by Crippen LogP contribution is 2.32. The first-order chi connectivity index (χ1) is 6.88. The molecular weight excluding hydrogens is 178 g/mol. The van der Waals surface area contributed by atoms with Crippen molar-refractivity contribution in [2.75, 3.05) is 6.61 Å². The second-order valence-electron chi connectivity index (χ2n) is 3.91. The third-order valence-corrected chi connectivity index (χ3v) is 2.56. The average Bonchev–Trinajstić information content (AvgIpc) is 2.91. The third kappa shape index (κ3) is 2.86. The molecule has 0 atom stereocenters. The molecule has 3 heteroatoms. The van der Waals surface area contributed by atoms with Crippen molar-refractivity contribution in [1.29, 1.82) is 0 Å². The van der Waals surface area contributed by atoms with Crippen LogP contribution in [0.3, 0.4) is 0 Å². The Bertz CT molecular complexity index is 279. The molecule has 0 radical (unpaired) electrons. The fraction of sp³-hybridized carbons (Fsp3) is 0.636. The zero-order chi connectivity index (χ0) is 9.80. The number of furan rings is 1. The number of rotatable bonds is 6. The van der Waals surface area contributed by atoms with Gasteiger partial charge in [-0.2, -0.15) is 0 Å². The molecule has 2 N–H and O–H groups in total. The van der Waals surface area contributed by atoms with E-state index in [0.29, 0.717) is 13.2 Å². The van der Waals surface area contributed by atoms with E-state index in [0.717, 1.165) is 23.8 Å². The number of nitrogens with two attached hydrogens (primary N) is 1. The second kappa shape index (κ2) is 4.62. The monoisotopic (exact) mass is 195 g/mol. The fourth-order valence-electron chi connectivity index (χ4n) is 1.44. The molecule has 1 saturated carbocycles. The Morgan fingerprint density at radius 1 is 1.50 bits per heavy atom. The Hall–Kier alpha value is -0.800. The van der Waals surface area contributed by atoms with Crippen LogP contribution in [0.15, 0.2) is 16.7 Å². The molecule has 1 aliphatic carbocycles. The second-order valence-corrected chi connectivity index (χ2v) is 3.91. The van der Waals surface area contributed by atoms with Crippen molar-refractivity contribution in [3.63, 3.8) is 0 Å². The van der Waals surface area contributed by atoms with E-state index in [9.17, 15) is 0 Å². The van der Waals surface area contributed by atoms with Crippen LogP contribution in [0.25, 0.3) is 0 Å². The molecule has 1 aromatic rings. The molecule has 0 spiro atoms. The van der Waals surface area contributed by atoms with E-state index in [4.69, 9.17) is 14.9 Å². The highest BCUT2D eigenvalue weighted by atomic mass is 16.5. The first kappa shape index (κ1) is 9.74. The maximum atomic E-state index is 5.49. The SMILES string of the molecule is NCc1coc(COCCC2CC2)c1. The summed E-state index contributed by atoms with van der Waals surface area (Å²) in [7, 11) is 0. The van der Waals surface area contributed by atoms with Crippen molar-refractivity contribution >= 4 is 0 Å².